The smallest absolute Gasteiger partial charge is 0.134 e. The molecular formula is C13H8BrCl2F. The van der Waals surface area contributed by atoms with Gasteiger partial charge >= 0.3 is 0 Å². The number of halogens is 4. The highest BCUT2D eigenvalue weighted by molar-refractivity contribution is 9.10. The molecule has 0 N–H and O–H groups in total. The standard InChI is InChI=1S/C13H8BrCl2F/c14-10-6-3-5-9(12(10)13(15)16)8-4-1-2-7-11(8)17/h1-7,13H. The van der Waals surface area contributed by atoms with E-state index in [1.165, 1.54) is 6.07 Å². The average molecular weight is 334 g/mol. The summed E-state index contributed by atoms with van der Waals surface area (Å²) in [6.45, 7) is 0. The Hall–Kier alpha value is -0.570. The summed E-state index contributed by atoms with van der Waals surface area (Å²) >= 11 is 15.2. The van der Waals surface area contributed by atoms with Gasteiger partial charge in [0, 0.05) is 15.6 Å². The maximum absolute atomic E-state index is 13.7. The Bertz CT molecular complexity index is 541. The van der Waals surface area contributed by atoms with E-state index in [1.54, 1.807) is 24.3 Å². The highest BCUT2D eigenvalue weighted by atomic mass is 79.9. The van der Waals surface area contributed by atoms with Gasteiger partial charge in [-0.15, -0.1) is 0 Å². The minimum Gasteiger partial charge on any atom is -0.206 e. The Morgan fingerprint density at radius 3 is 2.24 bits per heavy atom. The second-order valence-corrected chi connectivity index (χ2v) is 5.43. The molecule has 0 aromatic heterocycles. The van der Waals surface area contributed by atoms with Crippen molar-refractivity contribution in [2.75, 3.05) is 0 Å². The van der Waals surface area contributed by atoms with Crippen molar-refractivity contribution >= 4 is 39.1 Å². The molecular weight excluding hydrogens is 326 g/mol. The maximum Gasteiger partial charge on any atom is 0.134 e. The first-order valence-corrected chi connectivity index (χ1v) is 6.59. The summed E-state index contributed by atoms with van der Waals surface area (Å²) in [7, 11) is 0. The van der Waals surface area contributed by atoms with Crippen LogP contribution in [0.15, 0.2) is 46.9 Å². The van der Waals surface area contributed by atoms with Crippen LogP contribution in [0.4, 0.5) is 4.39 Å². The van der Waals surface area contributed by atoms with E-state index in [-0.39, 0.29) is 5.82 Å². The van der Waals surface area contributed by atoms with Crippen LogP contribution in [-0.2, 0) is 0 Å². The Morgan fingerprint density at radius 1 is 0.941 bits per heavy atom. The zero-order valence-electron chi connectivity index (χ0n) is 8.63. The third-order valence-electron chi connectivity index (χ3n) is 2.44. The number of hydrogen-bond acceptors (Lipinski definition) is 0. The molecule has 0 saturated heterocycles. The molecule has 88 valence electrons. The van der Waals surface area contributed by atoms with Crippen molar-refractivity contribution in [1.29, 1.82) is 0 Å². The number of hydrogen-bond donors (Lipinski definition) is 0. The van der Waals surface area contributed by atoms with Gasteiger partial charge in [-0.25, -0.2) is 4.39 Å². The average Bonchev–Trinajstić information content (AvgIpc) is 2.28. The molecule has 0 amide bonds. The van der Waals surface area contributed by atoms with Gasteiger partial charge in [0.2, 0.25) is 0 Å². The third-order valence-corrected chi connectivity index (χ3v) is 3.56. The molecule has 0 bridgehead atoms. The molecule has 0 saturated carbocycles. The van der Waals surface area contributed by atoms with E-state index in [0.29, 0.717) is 16.7 Å². The molecule has 0 nitrogen and oxygen atoms in total. The summed E-state index contributed by atoms with van der Waals surface area (Å²) in [5, 5.41) is 0. The number of alkyl halides is 2. The fourth-order valence-corrected chi connectivity index (χ4v) is 3.00. The van der Waals surface area contributed by atoms with Crippen LogP contribution < -0.4 is 0 Å². The molecule has 2 aromatic rings. The molecule has 0 aliphatic carbocycles. The van der Waals surface area contributed by atoms with Gasteiger partial charge in [-0.1, -0.05) is 69.5 Å². The van der Waals surface area contributed by atoms with Crippen LogP contribution in [0.25, 0.3) is 11.1 Å². The van der Waals surface area contributed by atoms with Gasteiger partial charge in [0.25, 0.3) is 0 Å². The Labute approximate surface area is 117 Å². The highest BCUT2D eigenvalue weighted by Crippen LogP contribution is 2.39. The lowest BCUT2D eigenvalue weighted by atomic mass is 10.0. The van der Waals surface area contributed by atoms with Gasteiger partial charge in [-0.3, -0.25) is 0 Å². The van der Waals surface area contributed by atoms with Crippen LogP contribution in [-0.4, -0.2) is 0 Å². The maximum atomic E-state index is 13.7. The summed E-state index contributed by atoms with van der Waals surface area (Å²) in [5.74, 6) is -0.291. The van der Waals surface area contributed by atoms with E-state index < -0.39 is 4.84 Å². The van der Waals surface area contributed by atoms with E-state index in [1.807, 2.05) is 12.1 Å². The molecule has 17 heavy (non-hydrogen) atoms. The predicted octanol–water partition coefficient (Wildman–Crippen LogP) is 5.73. The number of rotatable bonds is 2. The van der Waals surface area contributed by atoms with Crippen molar-refractivity contribution in [2.45, 2.75) is 4.84 Å². The number of benzene rings is 2. The van der Waals surface area contributed by atoms with Gasteiger partial charge in [0.1, 0.15) is 10.7 Å². The van der Waals surface area contributed by atoms with Gasteiger partial charge in [-0.2, -0.15) is 0 Å². The summed E-state index contributed by atoms with van der Waals surface area (Å²) in [6, 6.07) is 12.0. The zero-order chi connectivity index (χ0) is 12.4. The molecule has 4 heteroatoms. The summed E-state index contributed by atoms with van der Waals surface area (Å²) in [6.07, 6.45) is 0. The Kier molecular flexibility index (Phi) is 4.08. The van der Waals surface area contributed by atoms with Crippen LogP contribution in [0.1, 0.15) is 10.4 Å². The van der Waals surface area contributed by atoms with Crippen molar-refractivity contribution in [3.63, 3.8) is 0 Å². The lowest BCUT2D eigenvalue weighted by molar-refractivity contribution is 0.631. The SMILES string of the molecule is Fc1ccccc1-c1cccc(Br)c1C(Cl)Cl. The molecule has 0 atom stereocenters. The van der Waals surface area contributed by atoms with Crippen molar-refractivity contribution in [1.82, 2.24) is 0 Å². The van der Waals surface area contributed by atoms with Crippen molar-refractivity contribution in [3.8, 4) is 11.1 Å². The van der Waals surface area contributed by atoms with Gasteiger partial charge in [-0.05, 0) is 17.7 Å². The van der Waals surface area contributed by atoms with Crippen LogP contribution in [0.3, 0.4) is 0 Å². The monoisotopic (exact) mass is 332 g/mol. The predicted molar refractivity (Wildman–Crippen MR) is 74.0 cm³/mol. The molecule has 0 aliphatic rings. The van der Waals surface area contributed by atoms with Gasteiger partial charge in [0.15, 0.2) is 0 Å². The Morgan fingerprint density at radius 2 is 1.59 bits per heavy atom. The van der Waals surface area contributed by atoms with E-state index in [0.717, 1.165) is 4.47 Å². The fraction of sp³-hybridized carbons (Fsp3) is 0.0769. The van der Waals surface area contributed by atoms with Crippen LogP contribution in [0.2, 0.25) is 0 Å². The quantitative estimate of drug-likeness (QED) is 0.615. The molecule has 0 radical (unpaired) electrons. The molecule has 0 unspecified atom stereocenters. The van der Waals surface area contributed by atoms with E-state index >= 15 is 0 Å². The molecule has 0 heterocycles. The molecule has 0 spiro atoms. The van der Waals surface area contributed by atoms with Crippen molar-refractivity contribution in [3.05, 3.63) is 58.3 Å². The molecule has 0 fully saturated rings. The second kappa shape index (κ2) is 5.38. The minimum absolute atomic E-state index is 0.291. The zero-order valence-corrected chi connectivity index (χ0v) is 11.7. The molecule has 0 aliphatic heterocycles. The van der Waals surface area contributed by atoms with Crippen LogP contribution in [0, 0.1) is 5.82 Å². The van der Waals surface area contributed by atoms with Crippen LogP contribution in [0.5, 0.6) is 0 Å². The Balaban J connectivity index is 2.68. The van der Waals surface area contributed by atoms with E-state index in [4.69, 9.17) is 23.2 Å². The lowest BCUT2D eigenvalue weighted by Gasteiger charge is -2.13. The van der Waals surface area contributed by atoms with Gasteiger partial charge < -0.3 is 0 Å². The highest BCUT2D eigenvalue weighted by Gasteiger charge is 2.16. The second-order valence-electron chi connectivity index (χ2n) is 3.48. The first-order chi connectivity index (χ1) is 8.11. The first kappa shape index (κ1) is 12.9. The van der Waals surface area contributed by atoms with E-state index in [2.05, 4.69) is 15.9 Å². The largest absolute Gasteiger partial charge is 0.206 e. The summed E-state index contributed by atoms with van der Waals surface area (Å²) < 4.78 is 14.5. The van der Waals surface area contributed by atoms with Crippen molar-refractivity contribution in [2.24, 2.45) is 0 Å². The third kappa shape index (κ3) is 2.65. The summed E-state index contributed by atoms with van der Waals surface area (Å²) in [5.41, 5.74) is 1.88. The topological polar surface area (TPSA) is 0 Å². The van der Waals surface area contributed by atoms with E-state index in [9.17, 15) is 4.39 Å². The minimum atomic E-state index is -0.708. The molecule has 2 aromatic carbocycles. The van der Waals surface area contributed by atoms with Crippen molar-refractivity contribution < 1.29 is 4.39 Å². The van der Waals surface area contributed by atoms with Crippen LogP contribution >= 0.6 is 39.1 Å². The summed E-state index contributed by atoms with van der Waals surface area (Å²) in [4.78, 5) is -0.708. The lowest BCUT2D eigenvalue weighted by Crippen LogP contribution is -1.92. The molecule has 2 rings (SSSR count). The fourth-order valence-electron chi connectivity index (χ4n) is 1.67. The normalized spacial score (nSPS) is 10.9. The van der Waals surface area contributed by atoms with Gasteiger partial charge in [0.05, 0.1) is 0 Å². The first-order valence-electron chi connectivity index (χ1n) is 4.92.